The Hall–Kier alpha value is -3.91. The van der Waals surface area contributed by atoms with Crippen molar-refractivity contribution in [3.63, 3.8) is 0 Å². The lowest BCUT2D eigenvalue weighted by molar-refractivity contribution is 0.744. The second-order valence-corrected chi connectivity index (χ2v) is 8.54. The van der Waals surface area contributed by atoms with E-state index in [-0.39, 0.29) is 6.04 Å². The maximum Gasteiger partial charge on any atom is 0.0730 e. The number of hydrogen-bond donors (Lipinski definition) is 0. The van der Waals surface area contributed by atoms with E-state index in [9.17, 15) is 0 Å². The molecule has 2 aliphatic rings. The number of rotatable bonds is 5. The van der Waals surface area contributed by atoms with Crippen molar-refractivity contribution in [1.82, 2.24) is 4.98 Å². The highest BCUT2D eigenvalue weighted by Crippen LogP contribution is 2.48. The fraction of sp³-hybridized carbons (Fsp3) is 0.129. The molecule has 1 aliphatic carbocycles. The van der Waals surface area contributed by atoms with E-state index >= 15 is 0 Å². The molecule has 162 valence electrons. The molecule has 0 amide bonds. The van der Waals surface area contributed by atoms with E-state index < -0.39 is 0 Å². The van der Waals surface area contributed by atoms with Crippen LogP contribution in [0.1, 0.15) is 29.7 Å². The number of anilines is 2. The largest absolute Gasteiger partial charge is 0.333 e. The lowest BCUT2D eigenvalue weighted by Gasteiger charge is -2.29. The Kier molecular flexibility index (Phi) is 5.66. The van der Waals surface area contributed by atoms with E-state index in [0.29, 0.717) is 5.92 Å². The summed E-state index contributed by atoms with van der Waals surface area (Å²) < 4.78 is 0. The summed E-state index contributed by atoms with van der Waals surface area (Å²) in [5, 5.41) is 0. The molecule has 0 radical (unpaired) electrons. The molecule has 0 bridgehead atoms. The van der Waals surface area contributed by atoms with E-state index in [4.69, 9.17) is 4.98 Å². The summed E-state index contributed by atoms with van der Waals surface area (Å²) in [4.78, 5) is 7.53. The molecule has 2 unspecified atom stereocenters. The van der Waals surface area contributed by atoms with E-state index in [0.717, 1.165) is 28.2 Å². The first kappa shape index (κ1) is 21.0. The van der Waals surface area contributed by atoms with Crippen molar-refractivity contribution in [2.75, 3.05) is 4.90 Å². The van der Waals surface area contributed by atoms with E-state index in [1.165, 1.54) is 16.8 Å². The zero-order valence-corrected chi connectivity index (χ0v) is 19.1. The lowest BCUT2D eigenvalue weighted by atomic mass is 9.91. The zero-order valence-electron chi connectivity index (χ0n) is 19.1. The third kappa shape index (κ3) is 3.89. The number of allylic oxidation sites excluding steroid dienone is 7. The monoisotopic (exact) mass is 428 g/mol. The van der Waals surface area contributed by atoms with E-state index in [1.54, 1.807) is 0 Å². The van der Waals surface area contributed by atoms with Crippen molar-refractivity contribution < 1.29 is 0 Å². The molecule has 0 N–H and O–H groups in total. The van der Waals surface area contributed by atoms with Crippen LogP contribution in [-0.2, 0) is 0 Å². The predicted octanol–water partition coefficient (Wildman–Crippen LogP) is 7.93. The Labute approximate surface area is 196 Å². The average molecular weight is 429 g/mol. The molecule has 0 saturated carbocycles. The van der Waals surface area contributed by atoms with Crippen LogP contribution in [0.15, 0.2) is 116 Å². The molecular formula is C31H28N2. The molecule has 1 aromatic heterocycles. The number of aromatic nitrogens is 1. The van der Waals surface area contributed by atoms with Gasteiger partial charge in [0, 0.05) is 22.9 Å². The molecule has 0 fully saturated rings. The Morgan fingerprint density at radius 2 is 1.82 bits per heavy atom. The standard InChI is InChI=1S/C31H28N2/c1-4-11-23(12-5-2)28-20-25(21-29(32-28)24-13-7-6-8-14-24)33-30-16-10-9-15-26(30)27-19-22(3)17-18-31(27)33/h4-21,26,30H,1H2,2-3H3/b12-5-,23-11+. The van der Waals surface area contributed by atoms with Gasteiger partial charge in [0.25, 0.3) is 0 Å². The van der Waals surface area contributed by atoms with Crippen molar-refractivity contribution >= 4 is 16.9 Å². The Morgan fingerprint density at radius 3 is 2.61 bits per heavy atom. The van der Waals surface area contributed by atoms with E-state index in [2.05, 4.69) is 103 Å². The Balaban J connectivity index is 1.73. The third-order valence-corrected chi connectivity index (χ3v) is 6.30. The van der Waals surface area contributed by atoms with Crippen LogP contribution >= 0.6 is 0 Å². The highest BCUT2D eigenvalue weighted by Gasteiger charge is 2.37. The summed E-state index contributed by atoms with van der Waals surface area (Å²) in [6.07, 6.45) is 17.0. The van der Waals surface area contributed by atoms with Gasteiger partial charge in [-0.2, -0.15) is 0 Å². The SMILES string of the molecule is C=C/C=C(\C=C/C)c1cc(N2c3ccc(C)cc3C3C=CC=CC32)cc(-c2ccccc2)n1. The lowest BCUT2D eigenvalue weighted by Crippen LogP contribution is -2.28. The van der Waals surface area contributed by atoms with Gasteiger partial charge in [-0.3, -0.25) is 0 Å². The third-order valence-electron chi connectivity index (χ3n) is 6.30. The second kappa shape index (κ2) is 8.91. The van der Waals surface area contributed by atoms with Gasteiger partial charge in [-0.05, 0) is 43.2 Å². The fourth-order valence-corrected chi connectivity index (χ4v) is 4.85. The molecule has 0 saturated heterocycles. The second-order valence-electron chi connectivity index (χ2n) is 8.54. The van der Waals surface area contributed by atoms with Gasteiger partial charge in [-0.1, -0.05) is 103 Å². The Morgan fingerprint density at radius 1 is 1.00 bits per heavy atom. The molecule has 5 rings (SSSR count). The number of pyridine rings is 1. The van der Waals surface area contributed by atoms with Crippen molar-refractivity contribution in [3.8, 4) is 11.3 Å². The smallest absolute Gasteiger partial charge is 0.0730 e. The molecule has 2 heteroatoms. The number of hydrogen-bond acceptors (Lipinski definition) is 2. The van der Waals surface area contributed by atoms with Crippen molar-refractivity contribution in [1.29, 1.82) is 0 Å². The molecular weight excluding hydrogens is 400 g/mol. The molecule has 3 aromatic rings. The molecule has 2 heterocycles. The first-order valence-corrected chi connectivity index (χ1v) is 11.5. The van der Waals surface area contributed by atoms with Gasteiger partial charge in [0.05, 0.1) is 17.4 Å². The number of benzene rings is 2. The molecule has 2 nitrogen and oxygen atoms in total. The first-order valence-electron chi connectivity index (χ1n) is 11.5. The molecule has 0 spiro atoms. The van der Waals surface area contributed by atoms with Crippen molar-refractivity contribution in [2.24, 2.45) is 0 Å². The minimum atomic E-state index is 0.249. The molecule has 2 aromatic carbocycles. The average Bonchev–Trinajstić information content (AvgIpc) is 3.18. The van der Waals surface area contributed by atoms with Gasteiger partial charge >= 0.3 is 0 Å². The quantitative estimate of drug-likeness (QED) is 0.384. The van der Waals surface area contributed by atoms with Crippen LogP contribution in [0.3, 0.4) is 0 Å². The van der Waals surface area contributed by atoms with Gasteiger partial charge in [-0.25, -0.2) is 4.98 Å². The highest BCUT2D eigenvalue weighted by molar-refractivity contribution is 5.82. The van der Waals surface area contributed by atoms with Crippen LogP contribution < -0.4 is 4.90 Å². The number of nitrogens with zero attached hydrogens (tertiary/aromatic N) is 2. The van der Waals surface area contributed by atoms with Gasteiger partial charge in [0.2, 0.25) is 0 Å². The number of fused-ring (bicyclic) bond motifs is 3. The fourth-order valence-electron chi connectivity index (χ4n) is 4.85. The molecule has 2 atom stereocenters. The minimum absolute atomic E-state index is 0.249. The first-order chi connectivity index (χ1) is 16.2. The summed E-state index contributed by atoms with van der Waals surface area (Å²) in [6.45, 7) is 8.11. The number of aryl methyl sites for hydroxylation is 1. The summed E-state index contributed by atoms with van der Waals surface area (Å²) in [6, 6.07) is 21.9. The summed E-state index contributed by atoms with van der Waals surface area (Å²) in [5.74, 6) is 0.348. The topological polar surface area (TPSA) is 16.1 Å². The summed E-state index contributed by atoms with van der Waals surface area (Å²) in [5.41, 5.74) is 9.16. The van der Waals surface area contributed by atoms with Gasteiger partial charge in [0.1, 0.15) is 0 Å². The maximum atomic E-state index is 5.06. The summed E-state index contributed by atoms with van der Waals surface area (Å²) >= 11 is 0. The van der Waals surface area contributed by atoms with Crippen LogP contribution in [0.2, 0.25) is 0 Å². The van der Waals surface area contributed by atoms with Gasteiger partial charge in [-0.15, -0.1) is 0 Å². The van der Waals surface area contributed by atoms with E-state index in [1.807, 2.05) is 31.2 Å². The zero-order chi connectivity index (χ0) is 22.8. The maximum absolute atomic E-state index is 5.06. The van der Waals surface area contributed by atoms with Crippen molar-refractivity contribution in [3.05, 3.63) is 133 Å². The van der Waals surface area contributed by atoms with Crippen LogP contribution in [-0.4, -0.2) is 11.0 Å². The van der Waals surface area contributed by atoms with Crippen molar-refractivity contribution in [2.45, 2.75) is 25.8 Å². The predicted molar refractivity (Wildman–Crippen MR) is 141 cm³/mol. The van der Waals surface area contributed by atoms with Gasteiger partial charge in [0.15, 0.2) is 0 Å². The molecule has 33 heavy (non-hydrogen) atoms. The summed E-state index contributed by atoms with van der Waals surface area (Å²) in [7, 11) is 0. The van der Waals surface area contributed by atoms with Crippen LogP contribution in [0.25, 0.3) is 16.8 Å². The van der Waals surface area contributed by atoms with Crippen LogP contribution in [0, 0.1) is 6.92 Å². The van der Waals surface area contributed by atoms with Crippen LogP contribution in [0.4, 0.5) is 11.4 Å². The van der Waals surface area contributed by atoms with Crippen LogP contribution in [0.5, 0.6) is 0 Å². The molecule has 1 aliphatic heterocycles. The Bertz CT molecular complexity index is 1310. The normalized spacial score (nSPS) is 19.1. The minimum Gasteiger partial charge on any atom is -0.333 e. The highest BCUT2D eigenvalue weighted by atomic mass is 15.2. The van der Waals surface area contributed by atoms with Gasteiger partial charge < -0.3 is 4.90 Å².